The van der Waals surface area contributed by atoms with E-state index in [-0.39, 0.29) is 28.4 Å². The highest BCUT2D eigenvalue weighted by Crippen LogP contribution is 2.35. The molecule has 0 amide bonds. The zero-order valence-electron chi connectivity index (χ0n) is 22.9. The minimum Gasteiger partial charge on any atom is -0.368 e. The summed E-state index contributed by atoms with van der Waals surface area (Å²) >= 11 is 2.69. The Hall–Kier alpha value is -4.32. The number of nitrogens with zero attached hydrogens (tertiary/aromatic N) is 7. The normalized spacial score (nSPS) is 20.1. The number of hydrogen-bond acceptors (Lipinski definition) is 12. The molecule has 4 heterocycles. The number of hydrogen-bond donors (Lipinski definition) is 0. The Labute approximate surface area is 252 Å². The Morgan fingerprint density at radius 3 is 1.67 bits per heavy atom. The van der Waals surface area contributed by atoms with Crippen LogP contribution in [0.3, 0.4) is 0 Å². The maximum atomic E-state index is 10.9. The first-order valence-electron chi connectivity index (χ1n) is 12.8. The molecule has 0 unspecified atom stereocenters. The van der Waals surface area contributed by atoms with Crippen molar-refractivity contribution in [2.24, 2.45) is 0 Å². The molecule has 0 spiro atoms. The lowest BCUT2D eigenvalue weighted by Crippen LogP contribution is -2.15. The Kier molecular flexibility index (Phi) is 8.50. The van der Waals surface area contributed by atoms with Crippen molar-refractivity contribution in [3.63, 3.8) is 0 Å². The summed E-state index contributed by atoms with van der Waals surface area (Å²) in [7, 11) is 0. The van der Waals surface area contributed by atoms with Crippen LogP contribution in [0.15, 0.2) is 87.2 Å². The molecule has 4 aromatic rings. The van der Waals surface area contributed by atoms with Crippen LogP contribution >= 0.6 is 23.5 Å². The van der Waals surface area contributed by atoms with Crippen molar-refractivity contribution in [1.82, 2.24) is 19.1 Å². The van der Waals surface area contributed by atoms with Crippen molar-refractivity contribution >= 4 is 40.7 Å². The molecule has 0 aliphatic carbocycles. The smallest absolute Gasteiger partial charge is 0.368 e. The molecule has 0 saturated carbocycles. The zero-order valence-corrected chi connectivity index (χ0v) is 24.5. The van der Waals surface area contributed by atoms with E-state index in [0.717, 1.165) is 23.2 Å². The Morgan fingerprint density at radius 1 is 0.767 bits per heavy atom. The summed E-state index contributed by atoms with van der Waals surface area (Å²) in [6, 6.07) is 12.4. The molecule has 2 fully saturated rings. The maximum absolute atomic E-state index is 10.9. The summed E-state index contributed by atoms with van der Waals surface area (Å²) in [6.45, 7) is 6.57. The molecule has 17 heteroatoms. The summed E-state index contributed by atoms with van der Waals surface area (Å²) in [4.78, 5) is 40.7. The van der Waals surface area contributed by atoms with Gasteiger partial charge in [-0.1, -0.05) is 11.8 Å². The first-order valence-corrected chi connectivity index (χ1v) is 14.4. The largest absolute Gasteiger partial charge is 0.382 e. The molecule has 224 valence electrons. The van der Waals surface area contributed by atoms with Crippen LogP contribution in [0.4, 0.5) is 17.2 Å². The van der Waals surface area contributed by atoms with Gasteiger partial charge in [0.1, 0.15) is 17.4 Å². The van der Waals surface area contributed by atoms with Gasteiger partial charge in [-0.25, -0.2) is 4.98 Å². The maximum Gasteiger partial charge on any atom is 0.382 e. The van der Waals surface area contributed by atoms with Gasteiger partial charge in [-0.05, 0) is 59.8 Å². The van der Waals surface area contributed by atoms with Crippen LogP contribution in [0, 0.1) is 30.3 Å². The van der Waals surface area contributed by atoms with Gasteiger partial charge in [-0.2, -0.15) is 0 Å². The molecular formula is C26H25N7O8S2. The molecule has 0 radical (unpaired) electrons. The van der Waals surface area contributed by atoms with Gasteiger partial charge < -0.3 is 24.2 Å². The number of nitro groups is 3. The van der Waals surface area contributed by atoms with Gasteiger partial charge in [0.25, 0.3) is 16.5 Å². The van der Waals surface area contributed by atoms with Crippen LogP contribution in [0.1, 0.15) is 13.8 Å². The highest BCUT2D eigenvalue weighted by Gasteiger charge is 2.41. The highest BCUT2D eigenvalue weighted by atomic mass is 32.2. The number of rotatable bonds is 11. The molecule has 2 aliphatic rings. The molecule has 2 atom stereocenters. The number of benzene rings is 2. The first kappa shape index (κ1) is 30.1. The summed E-state index contributed by atoms with van der Waals surface area (Å²) < 4.78 is 14.4. The van der Waals surface area contributed by atoms with E-state index in [4.69, 9.17) is 9.47 Å². The minimum atomic E-state index is -0.549. The van der Waals surface area contributed by atoms with E-state index < -0.39 is 14.8 Å². The second kappa shape index (κ2) is 12.1. The monoisotopic (exact) mass is 627 g/mol. The number of imidazole rings is 2. The second-order valence-electron chi connectivity index (χ2n) is 10.3. The number of ether oxygens (including phenoxy) is 2. The zero-order chi connectivity index (χ0) is 30.8. The molecule has 0 N–H and O–H groups in total. The van der Waals surface area contributed by atoms with E-state index >= 15 is 0 Å². The van der Waals surface area contributed by atoms with Crippen LogP contribution in [0.2, 0.25) is 0 Å². The fraction of sp³-hybridized carbons (Fsp3) is 0.308. The fourth-order valence-corrected chi connectivity index (χ4v) is 5.52. The van der Waals surface area contributed by atoms with E-state index in [1.807, 2.05) is 17.7 Å². The molecule has 43 heavy (non-hydrogen) atoms. The van der Waals surface area contributed by atoms with Crippen molar-refractivity contribution < 1.29 is 24.2 Å². The molecule has 2 aliphatic heterocycles. The number of epoxide rings is 2. The summed E-state index contributed by atoms with van der Waals surface area (Å²) in [5.74, 6) is -0.237. The Balaban J connectivity index is 0.000000173. The van der Waals surface area contributed by atoms with Gasteiger partial charge in [0.05, 0.1) is 36.1 Å². The third-order valence-electron chi connectivity index (χ3n) is 6.39. The number of nitro benzene ring substituents is 2. The van der Waals surface area contributed by atoms with Crippen LogP contribution in [-0.4, -0.2) is 58.3 Å². The molecule has 2 aromatic heterocycles. The standard InChI is InChI=1S/C13H12N4O5S.C13H13N3O3S/c1-13(8-22-13)7-15-6-11(17(20)21)14-12(15)23-10-4-2-9(3-5-10)16(18)19;1-13(9-19-13)8-15-7-6-14-12(15)20-11-4-2-10(3-5-11)16(17)18/h2-6H,7-8H2,1H3;2-7H,8-9H2,1H3/t2*13-/m11/s1. The van der Waals surface area contributed by atoms with Crippen molar-refractivity contribution in [3.8, 4) is 0 Å². The first-order chi connectivity index (χ1) is 20.4. The second-order valence-corrected chi connectivity index (χ2v) is 12.4. The summed E-state index contributed by atoms with van der Waals surface area (Å²) in [5.41, 5.74) is -0.315. The van der Waals surface area contributed by atoms with Crippen LogP contribution in [0.25, 0.3) is 0 Å². The third kappa shape index (κ3) is 7.95. The predicted molar refractivity (Wildman–Crippen MR) is 154 cm³/mol. The Morgan fingerprint density at radius 2 is 1.23 bits per heavy atom. The molecule has 15 nitrogen and oxygen atoms in total. The number of non-ortho nitro benzene ring substituents is 2. The predicted octanol–water partition coefficient (Wildman–Crippen LogP) is 5.37. The fourth-order valence-electron chi connectivity index (χ4n) is 3.82. The molecule has 2 saturated heterocycles. The van der Waals surface area contributed by atoms with E-state index in [1.54, 1.807) is 35.0 Å². The van der Waals surface area contributed by atoms with Crippen LogP contribution in [0.5, 0.6) is 0 Å². The van der Waals surface area contributed by atoms with Crippen molar-refractivity contribution in [2.75, 3.05) is 13.2 Å². The van der Waals surface area contributed by atoms with Crippen molar-refractivity contribution in [1.29, 1.82) is 0 Å². The third-order valence-corrected chi connectivity index (χ3v) is 8.44. The Bertz CT molecular complexity index is 1650. The average molecular weight is 628 g/mol. The lowest BCUT2D eigenvalue weighted by atomic mass is 10.2. The van der Waals surface area contributed by atoms with Gasteiger partial charge in [-0.3, -0.25) is 24.8 Å². The van der Waals surface area contributed by atoms with Gasteiger partial charge >= 0.3 is 5.82 Å². The molecule has 0 bridgehead atoms. The van der Waals surface area contributed by atoms with E-state index in [9.17, 15) is 30.3 Å². The van der Waals surface area contributed by atoms with E-state index in [2.05, 4.69) is 16.9 Å². The van der Waals surface area contributed by atoms with Crippen molar-refractivity contribution in [2.45, 2.75) is 58.2 Å². The molecular weight excluding hydrogens is 602 g/mol. The molecule has 2 aromatic carbocycles. The van der Waals surface area contributed by atoms with Crippen LogP contribution < -0.4 is 0 Å². The van der Waals surface area contributed by atoms with Crippen molar-refractivity contribution in [3.05, 3.63) is 97.5 Å². The van der Waals surface area contributed by atoms with Gasteiger partial charge in [0, 0.05) is 46.5 Å². The lowest BCUT2D eigenvalue weighted by Gasteiger charge is -2.09. The van der Waals surface area contributed by atoms with Crippen LogP contribution in [-0.2, 0) is 22.6 Å². The minimum absolute atomic E-state index is 0.0115. The topological polar surface area (TPSA) is 190 Å². The van der Waals surface area contributed by atoms with Gasteiger partial charge in [-0.15, -0.1) is 0 Å². The summed E-state index contributed by atoms with van der Waals surface area (Å²) in [5, 5.41) is 33.5. The SMILES string of the molecule is C[C@@]1(Cn2cc([N+](=O)[O-])nc2Sc2ccc([N+](=O)[O-])cc2)CO1.C[C@@]1(Cn2ccnc2Sc2ccc([N+](=O)[O-])cc2)CO1. The average Bonchev–Trinajstić information content (AvgIpc) is 3.78. The van der Waals surface area contributed by atoms with E-state index in [1.165, 1.54) is 54.0 Å². The number of aromatic nitrogens is 4. The van der Waals surface area contributed by atoms with Gasteiger partial charge in [0.2, 0.25) is 0 Å². The quantitative estimate of drug-likeness (QED) is 0.117. The molecule has 6 rings (SSSR count). The highest BCUT2D eigenvalue weighted by molar-refractivity contribution is 7.99. The summed E-state index contributed by atoms with van der Waals surface area (Å²) in [6.07, 6.45) is 5.04. The van der Waals surface area contributed by atoms with E-state index in [0.29, 0.717) is 23.2 Å². The van der Waals surface area contributed by atoms with Gasteiger partial charge in [0.15, 0.2) is 5.16 Å². The lowest BCUT2D eigenvalue weighted by molar-refractivity contribution is -0.389.